The third kappa shape index (κ3) is 4.16. The maximum Gasteiger partial charge on any atom is 0.349 e. The Bertz CT molecular complexity index is 1120. The first kappa shape index (κ1) is 21.4. The number of rotatable bonds is 7. The molecule has 0 fully saturated rings. The Morgan fingerprint density at radius 1 is 1.13 bits per heavy atom. The van der Waals surface area contributed by atoms with Crippen LogP contribution in [0.1, 0.15) is 36.7 Å². The lowest BCUT2D eigenvalue weighted by atomic mass is 9.94. The zero-order valence-electron chi connectivity index (χ0n) is 17.8. The van der Waals surface area contributed by atoms with E-state index in [0.29, 0.717) is 29.2 Å². The number of amides is 1. The van der Waals surface area contributed by atoms with Gasteiger partial charge in [-0.15, -0.1) is 0 Å². The number of methoxy groups -OCH3 is 1. The number of nitrogens with one attached hydrogen (secondary N) is 2. The van der Waals surface area contributed by atoms with Gasteiger partial charge in [-0.05, 0) is 63.7 Å². The van der Waals surface area contributed by atoms with E-state index in [0.717, 1.165) is 5.56 Å². The van der Waals surface area contributed by atoms with Crippen LogP contribution in [0.4, 0.5) is 5.69 Å². The summed E-state index contributed by atoms with van der Waals surface area (Å²) in [7, 11) is 3.40. The van der Waals surface area contributed by atoms with Crippen molar-refractivity contribution >= 4 is 22.6 Å². The van der Waals surface area contributed by atoms with Crippen molar-refractivity contribution < 1.29 is 18.7 Å². The van der Waals surface area contributed by atoms with Crippen molar-refractivity contribution in [2.75, 3.05) is 26.1 Å². The van der Waals surface area contributed by atoms with Crippen LogP contribution in [0.5, 0.6) is 11.5 Å². The fourth-order valence-corrected chi connectivity index (χ4v) is 3.05. The number of hydrogen-bond donors (Lipinski definition) is 2. The summed E-state index contributed by atoms with van der Waals surface area (Å²) < 4.78 is 16.3. The second kappa shape index (κ2) is 8.59. The lowest BCUT2D eigenvalue weighted by molar-refractivity contribution is 0.102. The number of benzene rings is 2. The van der Waals surface area contributed by atoms with Crippen LogP contribution in [-0.4, -0.2) is 26.7 Å². The minimum absolute atomic E-state index is 0.0882. The topological polar surface area (TPSA) is 89.8 Å². The van der Waals surface area contributed by atoms with E-state index in [4.69, 9.17) is 13.9 Å². The summed E-state index contributed by atoms with van der Waals surface area (Å²) in [6.45, 7) is 6.32. The average molecular weight is 410 g/mol. The van der Waals surface area contributed by atoms with Gasteiger partial charge in [0.2, 0.25) is 5.75 Å². The van der Waals surface area contributed by atoms with E-state index in [1.165, 1.54) is 13.2 Å². The van der Waals surface area contributed by atoms with Crippen LogP contribution in [0.15, 0.2) is 51.7 Å². The fourth-order valence-electron chi connectivity index (χ4n) is 3.05. The van der Waals surface area contributed by atoms with Gasteiger partial charge in [0.15, 0.2) is 11.3 Å². The van der Waals surface area contributed by atoms with Gasteiger partial charge >= 0.3 is 5.63 Å². The van der Waals surface area contributed by atoms with Gasteiger partial charge in [-0.2, -0.15) is 0 Å². The number of ether oxygens (including phenoxy) is 2. The van der Waals surface area contributed by atoms with E-state index < -0.39 is 11.5 Å². The summed E-state index contributed by atoms with van der Waals surface area (Å²) in [5.74, 6) is 0.249. The first-order valence-electron chi connectivity index (χ1n) is 9.69. The zero-order valence-corrected chi connectivity index (χ0v) is 17.8. The Balaban J connectivity index is 1.92. The highest BCUT2D eigenvalue weighted by atomic mass is 16.5. The average Bonchev–Trinajstić information content (AvgIpc) is 2.74. The smallest absolute Gasteiger partial charge is 0.349 e. The highest BCUT2D eigenvalue weighted by Crippen LogP contribution is 2.35. The van der Waals surface area contributed by atoms with Crippen LogP contribution in [0, 0.1) is 0 Å². The van der Waals surface area contributed by atoms with Gasteiger partial charge in [0.25, 0.3) is 5.91 Å². The highest BCUT2D eigenvalue weighted by Gasteiger charge is 2.20. The summed E-state index contributed by atoms with van der Waals surface area (Å²) in [4.78, 5) is 25.2. The fraction of sp³-hybridized carbons (Fsp3) is 0.304. The van der Waals surface area contributed by atoms with E-state index in [1.807, 2.05) is 26.1 Å². The molecule has 0 saturated heterocycles. The number of carbonyl (C=O) groups excluding carboxylic acids is 1. The first-order chi connectivity index (χ1) is 14.3. The highest BCUT2D eigenvalue weighted by molar-refractivity contribution is 6.05. The molecule has 0 aliphatic heterocycles. The Morgan fingerprint density at radius 3 is 2.43 bits per heavy atom. The zero-order chi connectivity index (χ0) is 21.9. The second-order valence-corrected chi connectivity index (χ2v) is 7.30. The molecular formula is C23H26N2O5. The van der Waals surface area contributed by atoms with Crippen LogP contribution < -0.4 is 25.7 Å². The maximum absolute atomic E-state index is 12.7. The Kier molecular flexibility index (Phi) is 6.12. The van der Waals surface area contributed by atoms with Crippen molar-refractivity contribution in [1.82, 2.24) is 5.32 Å². The van der Waals surface area contributed by atoms with Crippen molar-refractivity contribution in [2.45, 2.75) is 26.3 Å². The van der Waals surface area contributed by atoms with E-state index >= 15 is 0 Å². The standard InChI is InChI=1S/C23H26N2O5/c1-6-29-20-18(28-5)12-7-14-13-17(22(27)30-19(14)20)21(26)25-16-10-8-15(9-11-16)23(2,3)24-4/h7-13,24H,6H2,1-5H3,(H,25,26). The van der Waals surface area contributed by atoms with Crippen molar-refractivity contribution in [2.24, 2.45) is 0 Å². The third-order valence-corrected chi connectivity index (χ3v) is 5.06. The van der Waals surface area contributed by atoms with Gasteiger partial charge in [-0.25, -0.2) is 4.79 Å². The number of anilines is 1. The van der Waals surface area contributed by atoms with Crippen LogP contribution >= 0.6 is 0 Å². The van der Waals surface area contributed by atoms with Crippen LogP contribution in [0.3, 0.4) is 0 Å². The molecule has 0 aliphatic carbocycles. The van der Waals surface area contributed by atoms with E-state index in [1.54, 1.807) is 24.3 Å². The van der Waals surface area contributed by atoms with Crippen molar-refractivity contribution in [3.63, 3.8) is 0 Å². The number of hydrogen-bond acceptors (Lipinski definition) is 6. The first-order valence-corrected chi connectivity index (χ1v) is 9.69. The largest absolute Gasteiger partial charge is 0.493 e. The van der Waals surface area contributed by atoms with E-state index in [9.17, 15) is 9.59 Å². The molecule has 158 valence electrons. The van der Waals surface area contributed by atoms with Gasteiger partial charge in [-0.3, -0.25) is 4.79 Å². The Morgan fingerprint density at radius 2 is 1.83 bits per heavy atom. The van der Waals surface area contributed by atoms with Gasteiger partial charge in [-0.1, -0.05) is 12.1 Å². The summed E-state index contributed by atoms with van der Waals surface area (Å²) in [6, 6.07) is 12.4. The molecule has 7 nitrogen and oxygen atoms in total. The molecule has 2 N–H and O–H groups in total. The summed E-state index contributed by atoms with van der Waals surface area (Å²) in [5.41, 5.74) is 0.875. The normalized spacial score (nSPS) is 11.4. The van der Waals surface area contributed by atoms with E-state index in [-0.39, 0.29) is 16.7 Å². The molecule has 3 rings (SSSR count). The monoisotopic (exact) mass is 410 g/mol. The van der Waals surface area contributed by atoms with Crippen LogP contribution in [-0.2, 0) is 5.54 Å². The minimum atomic E-state index is -0.748. The Hall–Kier alpha value is -3.32. The van der Waals surface area contributed by atoms with Gasteiger partial charge < -0.3 is 24.5 Å². The molecule has 30 heavy (non-hydrogen) atoms. The van der Waals surface area contributed by atoms with Gasteiger partial charge in [0.05, 0.1) is 13.7 Å². The van der Waals surface area contributed by atoms with E-state index in [2.05, 4.69) is 24.5 Å². The molecule has 1 aromatic heterocycles. The molecule has 3 aromatic rings. The third-order valence-electron chi connectivity index (χ3n) is 5.06. The number of fused-ring (bicyclic) bond motifs is 1. The summed E-state index contributed by atoms with van der Waals surface area (Å²) >= 11 is 0. The summed E-state index contributed by atoms with van der Waals surface area (Å²) in [6.07, 6.45) is 0. The predicted molar refractivity (Wildman–Crippen MR) is 117 cm³/mol. The van der Waals surface area contributed by atoms with Crippen LogP contribution in [0.25, 0.3) is 11.0 Å². The van der Waals surface area contributed by atoms with Crippen molar-refractivity contribution in [3.05, 3.63) is 64.0 Å². The summed E-state index contributed by atoms with van der Waals surface area (Å²) in [5, 5.41) is 6.54. The minimum Gasteiger partial charge on any atom is -0.493 e. The molecule has 0 aliphatic rings. The van der Waals surface area contributed by atoms with Crippen LogP contribution in [0.2, 0.25) is 0 Å². The quantitative estimate of drug-likeness (QED) is 0.574. The lowest BCUT2D eigenvalue weighted by Crippen LogP contribution is -2.33. The molecule has 1 heterocycles. The van der Waals surface area contributed by atoms with Crippen molar-refractivity contribution in [3.8, 4) is 11.5 Å². The molecule has 0 bridgehead atoms. The second-order valence-electron chi connectivity index (χ2n) is 7.30. The maximum atomic E-state index is 12.7. The predicted octanol–water partition coefficient (Wildman–Crippen LogP) is 3.91. The molecule has 0 atom stereocenters. The van der Waals surface area contributed by atoms with Gasteiger partial charge in [0, 0.05) is 16.6 Å². The SMILES string of the molecule is CCOc1c(OC)ccc2cc(C(=O)Nc3ccc(C(C)(C)NC)cc3)c(=O)oc12. The lowest BCUT2D eigenvalue weighted by Gasteiger charge is -2.24. The van der Waals surface area contributed by atoms with Crippen molar-refractivity contribution in [1.29, 1.82) is 0 Å². The molecule has 1 amide bonds. The number of carbonyl (C=O) groups is 1. The molecule has 0 radical (unpaired) electrons. The molecular weight excluding hydrogens is 384 g/mol. The Labute approximate surface area is 175 Å². The molecule has 0 saturated carbocycles. The van der Waals surface area contributed by atoms with Gasteiger partial charge in [0.1, 0.15) is 5.56 Å². The molecule has 7 heteroatoms. The molecule has 0 spiro atoms. The molecule has 2 aromatic carbocycles. The molecule has 0 unspecified atom stereocenters.